The van der Waals surface area contributed by atoms with Crippen LogP contribution in [0.2, 0.25) is 0 Å². The number of halogens is 3. The second kappa shape index (κ2) is 4.32. The molecule has 0 spiro atoms. The molecule has 1 aromatic carbocycles. The van der Waals surface area contributed by atoms with Gasteiger partial charge in [0.15, 0.2) is 0 Å². The highest BCUT2D eigenvalue weighted by Crippen LogP contribution is 2.39. The molecule has 0 saturated carbocycles. The van der Waals surface area contributed by atoms with Crippen LogP contribution in [0.4, 0.5) is 0 Å². The first-order valence-electron chi connectivity index (χ1n) is 4.61. The van der Waals surface area contributed by atoms with Crippen molar-refractivity contribution in [1.29, 1.82) is 0 Å². The zero-order valence-corrected chi connectivity index (χ0v) is 11.9. The Morgan fingerprint density at radius 1 is 1.11 bits per heavy atom. The van der Waals surface area contributed by atoms with E-state index in [2.05, 4.69) is 0 Å². The number of alkyl halides is 3. The fourth-order valence-electron chi connectivity index (χ4n) is 1.70. The normalized spacial score (nSPS) is 15.9. The first kappa shape index (κ1) is 14.5. The van der Waals surface area contributed by atoms with E-state index >= 15 is 0 Å². The van der Waals surface area contributed by atoms with Crippen LogP contribution >= 0.6 is 34.8 Å². The van der Waals surface area contributed by atoms with Crippen molar-refractivity contribution in [2.24, 2.45) is 0 Å². The summed E-state index contributed by atoms with van der Waals surface area (Å²) in [7, 11) is -4.68. The minimum atomic E-state index is -4.68. The van der Waals surface area contributed by atoms with E-state index < -0.39 is 36.3 Å². The Bertz CT molecular complexity index is 694. The van der Waals surface area contributed by atoms with E-state index in [1.54, 1.807) is 0 Å². The molecule has 0 fully saturated rings. The Labute approximate surface area is 122 Å². The number of imide groups is 1. The van der Waals surface area contributed by atoms with Gasteiger partial charge in [0, 0.05) is 0 Å². The summed E-state index contributed by atoms with van der Waals surface area (Å²) in [6.45, 7) is 0. The Morgan fingerprint density at radius 2 is 1.68 bits per heavy atom. The lowest BCUT2D eigenvalue weighted by Crippen LogP contribution is -2.40. The zero-order chi connectivity index (χ0) is 14.6. The van der Waals surface area contributed by atoms with Gasteiger partial charge >= 0.3 is 0 Å². The van der Waals surface area contributed by atoms with E-state index in [1.807, 2.05) is 0 Å². The molecule has 2 amide bonds. The second-order valence-electron chi connectivity index (χ2n) is 3.57. The van der Waals surface area contributed by atoms with Gasteiger partial charge in [-0.3, -0.25) is 14.1 Å². The summed E-state index contributed by atoms with van der Waals surface area (Å²) in [5.41, 5.74) is -0.771. The smallest absolute Gasteiger partial charge is 0.282 e. The van der Waals surface area contributed by atoms with E-state index in [-0.39, 0.29) is 10.5 Å². The highest BCUT2D eigenvalue weighted by Gasteiger charge is 2.48. The van der Waals surface area contributed by atoms with E-state index in [9.17, 15) is 18.0 Å². The molecular weight excluding hydrogens is 341 g/mol. The predicted octanol–water partition coefficient (Wildman–Crippen LogP) is 1.86. The van der Waals surface area contributed by atoms with Gasteiger partial charge in [-0.2, -0.15) is 8.42 Å². The summed E-state index contributed by atoms with van der Waals surface area (Å²) in [5.74, 6) is -2.06. The van der Waals surface area contributed by atoms with Crippen molar-refractivity contribution in [3.05, 3.63) is 29.3 Å². The van der Waals surface area contributed by atoms with Crippen molar-refractivity contribution in [2.45, 2.75) is 8.81 Å². The monoisotopic (exact) mass is 343 g/mol. The molecule has 10 heteroatoms. The fraction of sp³-hybridized carbons (Fsp3) is 0.111. The zero-order valence-electron chi connectivity index (χ0n) is 8.80. The molecule has 0 radical (unpaired) electrons. The van der Waals surface area contributed by atoms with E-state index in [0.717, 1.165) is 6.07 Å². The number of benzene rings is 1. The highest BCUT2D eigenvalue weighted by atomic mass is 35.6. The van der Waals surface area contributed by atoms with Gasteiger partial charge in [0.1, 0.15) is 4.90 Å². The number of fused-ring (bicyclic) bond motifs is 1. The Balaban J connectivity index is 2.74. The molecular formula is C9H4Cl3NO5S. The third-order valence-corrected chi connectivity index (χ3v) is 3.81. The molecule has 1 aliphatic rings. The van der Waals surface area contributed by atoms with Gasteiger partial charge in [-0.15, -0.1) is 0 Å². The van der Waals surface area contributed by atoms with Crippen LogP contribution in [0.5, 0.6) is 0 Å². The third kappa shape index (κ3) is 2.32. The summed E-state index contributed by atoms with van der Waals surface area (Å²) >= 11 is 16.5. The van der Waals surface area contributed by atoms with Crippen LogP contribution in [-0.4, -0.2) is 33.6 Å². The molecule has 0 saturated heterocycles. The van der Waals surface area contributed by atoms with Gasteiger partial charge in [0.25, 0.3) is 25.8 Å². The molecule has 1 N–H and O–H groups in total. The minimum Gasteiger partial charge on any atom is -0.282 e. The molecule has 2 rings (SSSR count). The van der Waals surface area contributed by atoms with Gasteiger partial charge in [0.05, 0.1) is 11.1 Å². The van der Waals surface area contributed by atoms with E-state index in [0.29, 0.717) is 0 Å². The van der Waals surface area contributed by atoms with Gasteiger partial charge in [-0.05, 0) is 12.1 Å². The standard InChI is InChI=1S/C9H4Cl3NO5S/c10-9(11,12)13-7(14)4-2-1-3-5(19(16,17)18)6(4)8(13)15/h1-3H,(H,16,17,18). The number of hydrogen-bond acceptors (Lipinski definition) is 4. The molecule has 0 atom stereocenters. The van der Waals surface area contributed by atoms with Crippen LogP contribution in [0.25, 0.3) is 0 Å². The molecule has 6 nitrogen and oxygen atoms in total. The van der Waals surface area contributed by atoms with Gasteiger partial charge in [-0.1, -0.05) is 40.9 Å². The molecule has 1 aliphatic heterocycles. The molecule has 0 bridgehead atoms. The number of nitrogens with zero attached hydrogens (tertiary/aromatic N) is 1. The molecule has 0 unspecified atom stereocenters. The summed E-state index contributed by atoms with van der Waals surface area (Å²) < 4.78 is 29.0. The Kier molecular flexibility index (Phi) is 3.31. The summed E-state index contributed by atoms with van der Waals surface area (Å²) in [4.78, 5) is 23.5. The van der Waals surface area contributed by atoms with Crippen LogP contribution in [0.15, 0.2) is 23.1 Å². The lowest BCUT2D eigenvalue weighted by Gasteiger charge is -2.21. The topological polar surface area (TPSA) is 91.7 Å². The maximum absolute atomic E-state index is 12.0. The van der Waals surface area contributed by atoms with Crippen LogP contribution in [0.3, 0.4) is 0 Å². The van der Waals surface area contributed by atoms with Crippen LogP contribution in [0, 0.1) is 0 Å². The van der Waals surface area contributed by atoms with Crippen molar-refractivity contribution in [2.75, 3.05) is 0 Å². The lowest BCUT2D eigenvalue weighted by atomic mass is 10.1. The van der Waals surface area contributed by atoms with Gasteiger partial charge in [0.2, 0.25) is 0 Å². The van der Waals surface area contributed by atoms with Crippen molar-refractivity contribution < 1.29 is 22.6 Å². The quantitative estimate of drug-likeness (QED) is 0.363. The Hall–Kier alpha value is -0.860. The average molecular weight is 345 g/mol. The van der Waals surface area contributed by atoms with Crippen molar-refractivity contribution in [3.63, 3.8) is 0 Å². The number of hydrogen-bond donors (Lipinski definition) is 1. The van der Waals surface area contributed by atoms with Crippen molar-refractivity contribution in [3.8, 4) is 0 Å². The SMILES string of the molecule is O=C1c2cccc(S(=O)(=O)O)c2C(=O)N1C(Cl)(Cl)Cl. The maximum Gasteiger partial charge on any atom is 0.295 e. The number of rotatable bonds is 1. The van der Waals surface area contributed by atoms with Crippen molar-refractivity contribution >= 4 is 56.7 Å². The number of carbonyl (C=O) groups is 2. The molecule has 1 aromatic rings. The summed E-state index contributed by atoms with van der Waals surface area (Å²) in [6, 6.07) is 3.36. The predicted molar refractivity (Wildman–Crippen MR) is 67.0 cm³/mol. The third-order valence-electron chi connectivity index (χ3n) is 2.41. The van der Waals surface area contributed by atoms with Gasteiger partial charge < -0.3 is 0 Å². The lowest BCUT2D eigenvalue weighted by molar-refractivity contribution is 0.0648. The fourth-order valence-corrected chi connectivity index (χ4v) is 2.87. The molecule has 19 heavy (non-hydrogen) atoms. The average Bonchev–Trinajstić information content (AvgIpc) is 2.49. The minimum absolute atomic E-state index is 0.258. The molecule has 102 valence electrons. The largest absolute Gasteiger partial charge is 0.295 e. The van der Waals surface area contributed by atoms with Crippen LogP contribution in [0.1, 0.15) is 20.7 Å². The van der Waals surface area contributed by atoms with Crippen molar-refractivity contribution in [1.82, 2.24) is 4.90 Å². The second-order valence-corrected chi connectivity index (χ2v) is 7.18. The first-order chi connectivity index (χ1) is 8.55. The van der Waals surface area contributed by atoms with Gasteiger partial charge in [-0.25, -0.2) is 4.90 Å². The highest BCUT2D eigenvalue weighted by molar-refractivity contribution is 7.86. The molecule has 0 aliphatic carbocycles. The van der Waals surface area contributed by atoms with E-state index in [1.165, 1.54) is 12.1 Å². The first-order valence-corrected chi connectivity index (χ1v) is 7.18. The maximum atomic E-state index is 12.0. The van der Waals surface area contributed by atoms with Crippen LogP contribution < -0.4 is 0 Å². The number of carbonyl (C=O) groups excluding carboxylic acids is 2. The molecule has 0 aromatic heterocycles. The molecule has 1 heterocycles. The van der Waals surface area contributed by atoms with Crippen LogP contribution in [-0.2, 0) is 10.1 Å². The summed E-state index contributed by atoms with van der Waals surface area (Å²) in [5, 5.41) is 0. The van der Waals surface area contributed by atoms with E-state index in [4.69, 9.17) is 39.4 Å². The number of amides is 2. The Morgan fingerprint density at radius 3 is 2.16 bits per heavy atom. The summed E-state index contributed by atoms with van der Waals surface area (Å²) in [6.07, 6.45) is 0.